The van der Waals surface area contributed by atoms with Crippen molar-refractivity contribution in [1.82, 2.24) is 9.97 Å². The molecule has 0 amide bonds. The average molecular weight is 413 g/mol. The summed E-state index contributed by atoms with van der Waals surface area (Å²) >= 11 is 6.18. The SMILES string of the molecule is Cc1cc(Oc2ncnc(Nc3ccc(C(C)C)cc3)c2[N+](=O)[O-])cc(C)c1Cl. The van der Waals surface area contributed by atoms with Crippen molar-refractivity contribution in [3.05, 3.63) is 74.6 Å². The first-order valence-corrected chi connectivity index (χ1v) is 9.45. The smallest absolute Gasteiger partial charge is 0.373 e. The first-order valence-electron chi connectivity index (χ1n) is 9.07. The monoisotopic (exact) mass is 412 g/mol. The first kappa shape index (κ1) is 20.5. The predicted molar refractivity (Wildman–Crippen MR) is 114 cm³/mol. The number of hydrogen-bond donors (Lipinski definition) is 1. The number of aryl methyl sites for hydroxylation is 2. The largest absolute Gasteiger partial charge is 0.434 e. The van der Waals surface area contributed by atoms with Crippen molar-refractivity contribution in [2.24, 2.45) is 0 Å². The van der Waals surface area contributed by atoms with E-state index in [4.69, 9.17) is 16.3 Å². The zero-order valence-corrected chi connectivity index (χ0v) is 17.3. The Hall–Kier alpha value is -3.19. The number of aromatic nitrogens is 2. The molecule has 1 aromatic heterocycles. The molecular weight excluding hydrogens is 392 g/mol. The second-order valence-electron chi connectivity index (χ2n) is 7.01. The van der Waals surface area contributed by atoms with E-state index in [9.17, 15) is 10.1 Å². The van der Waals surface area contributed by atoms with E-state index in [1.54, 1.807) is 12.1 Å². The summed E-state index contributed by atoms with van der Waals surface area (Å²) in [5, 5.41) is 15.3. The third kappa shape index (κ3) is 4.63. The van der Waals surface area contributed by atoms with Crippen molar-refractivity contribution in [2.45, 2.75) is 33.6 Å². The summed E-state index contributed by atoms with van der Waals surface area (Å²) in [6.07, 6.45) is 1.22. The van der Waals surface area contributed by atoms with E-state index >= 15 is 0 Å². The molecule has 0 spiro atoms. The van der Waals surface area contributed by atoms with Gasteiger partial charge in [-0.05, 0) is 60.7 Å². The van der Waals surface area contributed by atoms with Gasteiger partial charge in [-0.25, -0.2) is 4.98 Å². The van der Waals surface area contributed by atoms with Crippen LogP contribution < -0.4 is 10.1 Å². The molecule has 7 nitrogen and oxygen atoms in total. The van der Waals surface area contributed by atoms with Crippen molar-refractivity contribution in [2.75, 3.05) is 5.32 Å². The second-order valence-corrected chi connectivity index (χ2v) is 7.39. The zero-order chi connectivity index (χ0) is 21.1. The van der Waals surface area contributed by atoms with Crippen LogP contribution >= 0.6 is 11.6 Å². The van der Waals surface area contributed by atoms with Crippen LogP contribution in [-0.2, 0) is 0 Å². The Morgan fingerprint density at radius 1 is 1.10 bits per heavy atom. The molecule has 3 aromatic rings. The maximum atomic E-state index is 11.7. The molecule has 0 saturated heterocycles. The van der Waals surface area contributed by atoms with Crippen molar-refractivity contribution in [3.63, 3.8) is 0 Å². The van der Waals surface area contributed by atoms with E-state index in [0.29, 0.717) is 22.4 Å². The second kappa shape index (κ2) is 8.45. The highest BCUT2D eigenvalue weighted by Crippen LogP contribution is 2.37. The van der Waals surface area contributed by atoms with E-state index in [-0.39, 0.29) is 17.4 Å². The Morgan fingerprint density at radius 2 is 1.72 bits per heavy atom. The Bertz CT molecular complexity index is 1030. The van der Waals surface area contributed by atoms with E-state index in [1.165, 1.54) is 11.9 Å². The Labute approximate surface area is 173 Å². The highest BCUT2D eigenvalue weighted by Gasteiger charge is 2.25. The van der Waals surface area contributed by atoms with Crippen LogP contribution in [0.2, 0.25) is 5.02 Å². The molecule has 0 radical (unpaired) electrons. The Morgan fingerprint density at radius 3 is 2.28 bits per heavy atom. The van der Waals surface area contributed by atoms with Gasteiger partial charge in [0.05, 0.1) is 4.92 Å². The molecule has 0 aliphatic rings. The van der Waals surface area contributed by atoms with Gasteiger partial charge in [0.1, 0.15) is 12.1 Å². The lowest BCUT2D eigenvalue weighted by Gasteiger charge is -2.12. The van der Waals surface area contributed by atoms with Gasteiger partial charge >= 0.3 is 11.6 Å². The van der Waals surface area contributed by atoms with Gasteiger partial charge in [0.2, 0.25) is 5.82 Å². The lowest BCUT2D eigenvalue weighted by Crippen LogP contribution is -2.04. The molecule has 1 N–H and O–H groups in total. The maximum Gasteiger partial charge on any atom is 0.373 e. The Balaban J connectivity index is 1.95. The number of halogens is 1. The van der Waals surface area contributed by atoms with Crippen LogP contribution in [0.4, 0.5) is 17.2 Å². The maximum absolute atomic E-state index is 11.7. The minimum Gasteiger partial charge on any atom is -0.434 e. The van der Waals surface area contributed by atoms with Gasteiger partial charge in [-0.15, -0.1) is 0 Å². The summed E-state index contributed by atoms with van der Waals surface area (Å²) in [6.45, 7) is 7.87. The minimum atomic E-state index is -0.560. The molecule has 150 valence electrons. The molecule has 0 atom stereocenters. The van der Waals surface area contributed by atoms with Gasteiger partial charge in [-0.2, -0.15) is 4.98 Å². The van der Waals surface area contributed by atoms with Crippen molar-refractivity contribution >= 4 is 28.8 Å². The van der Waals surface area contributed by atoms with E-state index in [0.717, 1.165) is 11.1 Å². The van der Waals surface area contributed by atoms with Gasteiger partial charge in [0.25, 0.3) is 0 Å². The van der Waals surface area contributed by atoms with Crippen LogP contribution in [0.15, 0.2) is 42.7 Å². The zero-order valence-electron chi connectivity index (χ0n) is 16.6. The van der Waals surface area contributed by atoms with Crippen LogP contribution in [0.3, 0.4) is 0 Å². The molecule has 8 heteroatoms. The number of ether oxygens (including phenoxy) is 1. The summed E-state index contributed by atoms with van der Waals surface area (Å²) in [6, 6.07) is 11.1. The van der Waals surface area contributed by atoms with Crippen LogP contribution in [0.25, 0.3) is 0 Å². The van der Waals surface area contributed by atoms with Crippen LogP contribution in [0, 0.1) is 24.0 Å². The quantitative estimate of drug-likeness (QED) is 0.376. The fourth-order valence-corrected chi connectivity index (χ4v) is 2.97. The van der Waals surface area contributed by atoms with Gasteiger partial charge < -0.3 is 10.1 Å². The fourth-order valence-electron chi connectivity index (χ4n) is 2.86. The number of nitro groups is 1. The Kier molecular flexibility index (Phi) is 5.98. The predicted octanol–water partition coefficient (Wildman–Crippen LogP) is 6.31. The highest BCUT2D eigenvalue weighted by atomic mass is 35.5. The van der Waals surface area contributed by atoms with Crippen LogP contribution in [0.5, 0.6) is 11.6 Å². The molecular formula is C21H21ClN4O3. The fraction of sp³-hybridized carbons (Fsp3) is 0.238. The molecule has 2 aromatic carbocycles. The summed E-state index contributed by atoms with van der Waals surface area (Å²) in [4.78, 5) is 19.2. The summed E-state index contributed by atoms with van der Waals surface area (Å²) in [5.41, 5.74) is 3.13. The van der Waals surface area contributed by atoms with Gasteiger partial charge in [0, 0.05) is 10.7 Å². The molecule has 0 saturated carbocycles. The van der Waals surface area contributed by atoms with E-state index in [2.05, 4.69) is 29.1 Å². The third-order valence-corrected chi connectivity index (χ3v) is 5.03. The van der Waals surface area contributed by atoms with Crippen LogP contribution in [-0.4, -0.2) is 14.9 Å². The molecule has 0 fully saturated rings. The summed E-state index contributed by atoms with van der Waals surface area (Å²) in [5.74, 6) is 0.717. The number of benzene rings is 2. The number of nitrogens with one attached hydrogen (secondary N) is 1. The number of nitrogens with zero attached hydrogens (tertiary/aromatic N) is 3. The van der Waals surface area contributed by atoms with Gasteiger partial charge in [-0.3, -0.25) is 10.1 Å². The van der Waals surface area contributed by atoms with Crippen molar-refractivity contribution < 1.29 is 9.66 Å². The van der Waals surface area contributed by atoms with Gasteiger partial charge in [0.15, 0.2) is 0 Å². The van der Waals surface area contributed by atoms with Crippen molar-refractivity contribution in [1.29, 1.82) is 0 Å². The standard InChI is InChI=1S/C21H21ClN4O3/c1-12(2)15-5-7-16(8-6-15)25-20-19(26(27)28)21(24-11-23-20)29-17-9-13(3)18(22)14(4)10-17/h5-12H,1-4H3,(H,23,24,25). The third-order valence-electron chi connectivity index (χ3n) is 4.44. The first-order chi connectivity index (χ1) is 13.8. The molecule has 0 aliphatic heterocycles. The molecule has 0 aliphatic carbocycles. The number of rotatable bonds is 6. The molecule has 1 heterocycles. The number of hydrogen-bond acceptors (Lipinski definition) is 6. The lowest BCUT2D eigenvalue weighted by molar-refractivity contribution is -0.385. The van der Waals surface area contributed by atoms with Crippen LogP contribution in [0.1, 0.15) is 36.5 Å². The highest BCUT2D eigenvalue weighted by molar-refractivity contribution is 6.32. The van der Waals surface area contributed by atoms with E-state index < -0.39 is 4.92 Å². The minimum absolute atomic E-state index is 0.0553. The molecule has 0 bridgehead atoms. The topological polar surface area (TPSA) is 90.2 Å². The molecule has 29 heavy (non-hydrogen) atoms. The molecule has 3 rings (SSSR count). The normalized spacial score (nSPS) is 10.8. The van der Waals surface area contributed by atoms with E-state index in [1.807, 2.05) is 38.1 Å². The summed E-state index contributed by atoms with van der Waals surface area (Å²) < 4.78 is 5.72. The van der Waals surface area contributed by atoms with Crippen molar-refractivity contribution in [3.8, 4) is 11.6 Å². The lowest BCUT2D eigenvalue weighted by atomic mass is 10.0. The molecule has 0 unspecified atom stereocenters. The van der Waals surface area contributed by atoms with Gasteiger partial charge in [-0.1, -0.05) is 37.6 Å². The number of anilines is 2. The average Bonchev–Trinajstić information content (AvgIpc) is 2.66. The summed E-state index contributed by atoms with van der Waals surface area (Å²) in [7, 11) is 0.